The van der Waals surface area contributed by atoms with Crippen LogP contribution >= 0.6 is 0 Å². The lowest BCUT2D eigenvalue weighted by atomic mass is 10.2. The molecule has 1 atom stereocenters. The van der Waals surface area contributed by atoms with Crippen LogP contribution in [0.5, 0.6) is 0 Å². The van der Waals surface area contributed by atoms with Crippen molar-refractivity contribution in [3.8, 4) is 0 Å². The largest absolute Gasteiger partial charge is 0.353 e. The molecule has 0 spiro atoms. The molecule has 29 heavy (non-hydrogen) atoms. The summed E-state index contributed by atoms with van der Waals surface area (Å²) in [6, 6.07) is 9.44. The molecule has 0 aliphatic heterocycles. The first-order valence-corrected chi connectivity index (χ1v) is 10.1. The van der Waals surface area contributed by atoms with Gasteiger partial charge in [0.2, 0.25) is 5.91 Å². The highest BCUT2D eigenvalue weighted by molar-refractivity contribution is 5.92. The van der Waals surface area contributed by atoms with Gasteiger partial charge in [-0.05, 0) is 56.5 Å². The Hall–Kier alpha value is -2.83. The second kappa shape index (κ2) is 9.11. The van der Waals surface area contributed by atoms with Crippen molar-refractivity contribution in [2.45, 2.75) is 51.7 Å². The Labute approximate surface area is 171 Å². The molecule has 1 N–H and O–H groups in total. The second-order valence-corrected chi connectivity index (χ2v) is 7.69. The monoisotopic (exact) mass is 400 g/mol. The number of hydrogen-bond donors (Lipinski definition) is 1. The molecular formula is C22H29FN4O2. The number of hydrogen-bond acceptors (Lipinski definition) is 2. The van der Waals surface area contributed by atoms with Gasteiger partial charge in [0.1, 0.15) is 12.4 Å². The molecule has 3 rings (SSSR count). The summed E-state index contributed by atoms with van der Waals surface area (Å²) in [5, 5.41) is 2.71. The molecule has 156 valence electrons. The zero-order chi connectivity index (χ0) is 21.0. The number of nitrogens with one attached hydrogen (secondary N) is 1. The third-order valence-electron chi connectivity index (χ3n) is 5.46. The lowest BCUT2D eigenvalue weighted by Gasteiger charge is -2.31. The first-order chi connectivity index (χ1) is 13.9. The van der Waals surface area contributed by atoms with E-state index >= 15 is 0 Å². The molecule has 6 nitrogen and oxygen atoms in total. The topological polar surface area (TPSA) is 57.6 Å². The summed E-state index contributed by atoms with van der Waals surface area (Å²) in [6.07, 6.45) is 4.66. The van der Waals surface area contributed by atoms with Gasteiger partial charge >= 0.3 is 6.03 Å². The first-order valence-electron chi connectivity index (χ1n) is 10.1. The number of aryl methyl sites for hydroxylation is 1. The Morgan fingerprint density at radius 2 is 2.03 bits per heavy atom. The van der Waals surface area contributed by atoms with E-state index in [-0.39, 0.29) is 24.5 Å². The van der Waals surface area contributed by atoms with Gasteiger partial charge < -0.3 is 19.7 Å². The van der Waals surface area contributed by atoms with Gasteiger partial charge in [0.05, 0.1) is 6.54 Å². The highest BCUT2D eigenvalue weighted by atomic mass is 19.1. The standard InChI is InChI=1S/C22H29FN4O2/c1-4-16(2)26(22(29)24-18-8-5-7-17(23)13-18)15-21(28)27(19-10-11-19)14-20-9-6-12-25(20)3/h5-9,12-13,16,19H,4,10-11,14-15H2,1-3H3,(H,24,29). The maximum Gasteiger partial charge on any atom is 0.322 e. The number of carbonyl (C=O) groups excluding carboxylic acids is 2. The molecule has 1 unspecified atom stereocenters. The Bertz CT molecular complexity index is 862. The molecule has 2 aromatic rings. The molecule has 1 saturated carbocycles. The Balaban J connectivity index is 1.71. The highest BCUT2D eigenvalue weighted by Crippen LogP contribution is 2.29. The Kier molecular flexibility index (Phi) is 6.56. The van der Waals surface area contributed by atoms with Crippen LogP contribution in [-0.2, 0) is 18.4 Å². The van der Waals surface area contributed by atoms with Gasteiger partial charge in [-0.25, -0.2) is 9.18 Å². The molecule has 3 amide bonds. The second-order valence-electron chi connectivity index (χ2n) is 7.69. The van der Waals surface area contributed by atoms with Crippen molar-refractivity contribution in [1.82, 2.24) is 14.4 Å². The summed E-state index contributed by atoms with van der Waals surface area (Å²) in [6.45, 7) is 4.42. The van der Waals surface area contributed by atoms with Crippen LogP contribution in [0, 0.1) is 5.82 Å². The molecule has 1 aromatic heterocycles. The highest BCUT2D eigenvalue weighted by Gasteiger charge is 2.34. The van der Waals surface area contributed by atoms with Crippen molar-refractivity contribution >= 4 is 17.6 Å². The van der Waals surface area contributed by atoms with Crippen LogP contribution in [0.25, 0.3) is 0 Å². The van der Waals surface area contributed by atoms with Crippen molar-refractivity contribution in [3.05, 3.63) is 54.1 Å². The van der Waals surface area contributed by atoms with Gasteiger partial charge in [-0.3, -0.25) is 4.79 Å². The van der Waals surface area contributed by atoms with Gasteiger partial charge in [-0.2, -0.15) is 0 Å². The van der Waals surface area contributed by atoms with Crippen LogP contribution in [-0.4, -0.2) is 44.9 Å². The van der Waals surface area contributed by atoms with E-state index in [1.807, 2.05) is 48.7 Å². The van der Waals surface area contributed by atoms with Gasteiger partial charge in [0, 0.05) is 36.7 Å². The molecule has 1 aromatic carbocycles. The predicted molar refractivity (Wildman–Crippen MR) is 111 cm³/mol. The SMILES string of the molecule is CCC(C)N(CC(=O)N(Cc1cccn1C)C1CC1)C(=O)Nc1cccc(F)c1. The lowest BCUT2D eigenvalue weighted by molar-refractivity contribution is -0.133. The van der Waals surface area contributed by atoms with Crippen LogP contribution in [0.15, 0.2) is 42.6 Å². The molecule has 0 radical (unpaired) electrons. The number of rotatable bonds is 8. The van der Waals surface area contributed by atoms with Crippen LogP contribution in [0.3, 0.4) is 0 Å². The summed E-state index contributed by atoms with van der Waals surface area (Å²) in [5.41, 5.74) is 1.43. The van der Waals surface area contributed by atoms with Crippen molar-refractivity contribution in [1.29, 1.82) is 0 Å². The van der Waals surface area contributed by atoms with Crippen LogP contribution in [0.1, 0.15) is 38.8 Å². The fourth-order valence-electron chi connectivity index (χ4n) is 3.29. The van der Waals surface area contributed by atoms with E-state index in [9.17, 15) is 14.0 Å². The average molecular weight is 400 g/mol. The normalized spacial score (nSPS) is 14.3. The fourth-order valence-corrected chi connectivity index (χ4v) is 3.29. The first kappa shape index (κ1) is 20.9. The molecule has 1 aliphatic rings. The van der Waals surface area contributed by atoms with E-state index in [0.717, 1.165) is 18.5 Å². The van der Waals surface area contributed by atoms with E-state index in [0.29, 0.717) is 18.7 Å². The maximum atomic E-state index is 13.4. The Morgan fingerprint density at radius 1 is 1.28 bits per heavy atom. The number of amides is 3. The maximum absolute atomic E-state index is 13.4. The molecule has 1 aliphatic carbocycles. The number of anilines is 1. The Morgan fingerprint density at radius 3 is 2.62 bits per heavy atom. The minimum Gasteiger partial charge on any atom is -0.353 e. The van der Waals surface area contributed by atoms with Gasteiger partial charge in [0.25, 0.3) is 0 Å². The summed E-state index contributed by atoms with van der Waals surface area (Å²) in [4.78, 5) is 29.4. The minimum atomic E-state index is -0.420. The van der Waals surface area contributed by atoms with E-state index in [4.69, 9.17) is 0 Å². The molecule has 1 fully saturated rings. The molecule has 7 heteroatoms. The van der Waals surface area contributed by atoms with Crippen molar-refractivity contribution in [2.24, 2.45) is 7.05 Å². The summed E-state index contributed by atoms with van der Waals surface area (Å²) >= 11 is 0. The predicted octanol–water partition coefficient (Wildman–Crippen LogP) is 3.99. The van der Waals surface area contributed by atoms with Crippen molar-refractivity contribution in [2.75, 3.05) is 11.9 Å². The number of aromatic nitrogens is 1. The third kappa shape index (κ3) is 5.37. The number of nitrogens with zero attached hydrogens (tertiary/aromatic N) is 3. The quantitative estimate of drug-likeness (QED) is 0.728. The molecular weight excluding hydrogens is 371 g/mol. The summed E-state index contributed by atoms with van der Waals surface area (Å²) in [7, 11) is 1.96. The van der Waals surface area contributed by atoms with Gasteiger partial charge in [-0.15, -0.1) is 0 Å². The molecule has 1 heterocycles. The molecule has 0 saturated heterocycles. The summed E-state index contributed by atoms with van der Waals surface area (Å²) in [5.74, 6) is -0.486. The van der Waals surface area contributed by atoms with Crippen LogP contribution < -0.4 is 5.32 Å². The van der Waals surface area contributed by atoms with Gasteiger partial charge in [0.15, 0.2) is 0 Å². The minimum absolute atomic E-state index is 0.00290. The van der Waals surface area contributed by atoms with Crippen molar-refractivity contribution in [3.63, 3.8) is 0 Å². The zero-order valence-corrected chi connectivity index (χ0v) is 17.3. The average Bonchev–Trinajstić information content (AvgIpc) is 3.45. The van der Waals surface area contributed by atoms with E-state index < -0.39 is 11.8 Å². The van der Waals surface area contributed by atoms with Crippen LogP contribution in [0.2, 0.25) is 0 Å². The fraction of sp³-hybridized carbons (Fsp3) is 0.455. The lowest BCUT2D eigenvalue weighted by Crippen LogP contribution is -2.48. The summed E-state index contributed by atoms with van der Waals surface area (Å²) < 4.78 is 15.4. The number of halogens is 1. The smallest absolute Gasteiger partial charge is 0.322 e. The van der Waals surface area contributed by atoms with Crippen molar-refractivity contribution < 1.29 is 14.0 Å². The third-order valence-corrected chi connectivity index (χ3v) is 5.46. The van der Waals surface area contributed by atoms with E-state index in [1.165, 1.54) is 17.0 Å². The zero-order valence-electron chi connectivity index (χ0n) is 17.3. The van der Waals surface area contributed by atoms with E-state index in [2.05, 4.69) is 5.32 Å². The van der Waals surface area contributed by atoms with Crippen LogP contribution in [0.4, 0.5) is 14.9 Å². The number of benzene rings is 1. The van der Waals surface area contributed by atoms with Gasteiger partial charge in [-0.1, -0.05) is 13.0 Å². The van der Waals surface area contributed by atoms with E-state index in [1.54, 1.807) is 12.1 Å². The number of carbonyl (C=O) groups is 2. The number of urea groups is 1. The molecule has 0 bridgehead atoms.